The van der Waals surface area contributed by atoms with E-state index < -0.39 is 0 Å². The fourth-order valence-corrected chi connectivity index (χ4v) is 3.30. The second-order valence-electron chi connectivity index (χ2n) is 6.26. The lowest BCUT2D eigenvalue weighted by molar-refractivity contribution is 0.174. The molecule has 0 saturated heterocycles. The zero-order valence-electron chi connectivity index (χ0n) is 13.2. The Morgan fingerprint density at radius 2 is 2.18 bits per heavy atom. The molecule has 1 atom stereocenters. The molecular formula is C17H25N3O2. The number of aliphatic hydroxyl groups is 1. The van der Waals surface area contributed by atoms with E-state index in [4.69, 9.17) is 5.11 Å². The SMILES string of the molecule is CC1Cc2ccccc2N1CCNC(=O)N(CCO)C1CC1. The van der Waals surface area contributed by atoms with E-state index in [1.165, 1.54) is 11.3 Å². The fourth-order valence-electron chi connectivity index (χ4n) is 3.30. The second-order valence-corrected chi connectivity index (χ2v) is 6.26. The summed E-state index contributed by atoms with van der Waals surface area (Å²) in [6, 6.07) is 9.25. The second kappa shape index (κ2) is 6.57. The van der Waals surface area contributed by atoms with Crippen LogP contribution in [-0.2, 0) is 6.42 Å². The zero-order chi connectivity index (χ0) is 15.5. The molecule has 1 saturated carbocycles. The maximum Gasteiger partial charge on any atom is 0.317 e. The molecule has 2 amide bonds. The molecule has 2 aliphatic rings. The van der Waals surface area contributed by atoms with Crippen molar-refractivity contribution in [1.82, 2.24) is 10.2 Å². The number of nitrogens with zero attached hydrogens (tertiary/aromatic N) is 2. The van der Waals surface area contributed by atoms with Crippen LogP contribution in [-0.4, -0.2) is 54.4 Å². The van der Waals surface area contributed by atoms with E-state index in [1.54, 1.807) is 4.90 Å². The average molecular weight is 303 g/mol. The number of hydrogen-bond donors (Lipinski definition) is 2. The molecule has 0 bridgehead atoms. The van der Waals surface area contributed by atoms with E-state index in [1.807, 2.05) is 0 Å². The molecular weight excluding hydrogens is 278 g/mol. The average Bonchev–Trinajstić information content (AvgIpc) is 3.29. The summed E-state index contributed by atoms with van der Waals surface area (Å²) in [6.07, 6.45) is 3.19. The summed E-state index contributed by atoms with van der Waals surface area (Å²) in [5.74, 6) is 0. The van der Waals surface area contributed by atoms with Crippen LogP contribution in [0.2, 0.25) is 0 Å². The zero-order valence-corrected chi connectivity index (χ0v) is 13.2. The third-order valence-electron chi connectivity index (χ3n) is 4.57. The number of amides is 2. The van der Waals surface area contributed by atoms with E-state index in [-0.39, 0.29) is 12.6 Å². The monoisotopic (exact) mass is 303 g/mol. The highest BCUT2D eigenvalue weighted by molar-refractivity contribution is 5.75. The Morgan fingerprint density at radius 3 is 2.91 bits per heavy atom. The van der Waals surface area contributed by atoms with Gasteiger partial charge in [0.25, 0.3) is 0 Å². The molecule has 0 aromatic heterocycles. The van der Waals surface area contributed by atoms with Crippen molar-refractivity contribution < 1.29 is 9.90 Å². The Hall–Kier alpha value is -1.75. The van der Waals surface area contributed by atoms with Crippen molar-refractivity contribution in [3.63, 3.8) is 0 Å². The topological polar surface area (TPSA) is 55.8 Å². The Bertz CT molecular complexity index is 530. The molecule has 1 unspecified atom stereocenters. The van der Waals surface area contributed by atoms with E-state index in [0.717, 1.165) is 25.8 Å². The molecule has 1 fully saturated rings. The van der Waals surface area contributed by atoms with Crippen LogP contribution in [0.1, 0.15) is 25.3 Å². The van der Waals surface area contributed by atoms with Gasteiger partial charge in [0.05, 0.1) is 6.61 Å². The van der Waals surface area contributed by atoms with Gasteiger partial charge in [-0.05, 0) is 37.8 Å². The van der Waals surface area contributed by atoms with Gasteiger partial charge in [0.15, 0.2) is 0 Å². The van der Waals surface area contributed by atoms with Crippen molar-refractivity contribution in [2.45, 2.75) is 38.3 Å². The van der Waals surface area contributed by atoms with Crippen molar-refractivity contribution in [1.29, 1.82) is 0 Å². The smallest absolute Gasteiger partial charge is 0.317 e. The maximum atomic E-state index is 12.2. The van der Waals surface area contributed by atoms with Gasteiger partial charge in [-0.1, -0.05) is 18.2 Å². The van der Waals surface area contributed by atoms with Gasteiger partial charge in [-0.2, -0.15) is 0 Å². The molecule has 22 heavy (non-hydrogen) atoms. The number of para-hydroxylation sites is 1. The van der Waals surface area contributed by atoms with E-state index in [2.05, 4.69) is 41.4 Å². The van der Waals surface area contributed by atoms with Crippen LogP contribution in [0.25, 0.3) is 0 Å². The van der Waals surface area contributed by atoms with Crippen LogP contribution in [0.4, 0.5) is 10.5 Å². The van der Waals surface area contributed by atoms with Gasteiger partial charge in [0.1, 0.15) is 0 Å². The third kappa shape index (κ3) is 3.19. The summed E-state index contributed by atoms with van der Waals surface area (Å²) < 4.78 is 0. The number of nitrogens with one attached hydrogen (secondary N) is 1. The molecule has 0 spiro atoms. The van der Waals surface area contributed by atoms with Gasteiger partial charge >= 0.3 is 6.03 Å². The number of carbonyl (C=O) groups is 1. The highest BCUT2D eigenvalue weighted by Gasteiger charge is 2.32. The Balaban J connectivity index is 1.51. The van der Waals surface area contributed by atoms with E-state index in [0.29, 0.717) is 25.2 Å². The minimum Gasteiger partial charge on any atom is -0.395 e. The summed E-state index contributed by atoms with van der Waals surface area (Å²) in [5.41, 5.74) is 2.68. The molecule has 5 nitrogen and oxygen atoms in total. The first-order valence-corrected chi connectivity index (χ1v) is 8.20. The Morgan fingerprint density at radius 1 is 1.41 bits per heavy atom. The van der Waals surface area contributed by atoms with Gasteiger partial charge in [-0.3, -0.25) is 0 Å². The molecule has 3 rings (SSSR count). The maximum absolute atomic E-state index is 12.2. The Kier molecular flexibility index (Phi) is 4.52. The standard InChI is InChI=1S/C17H25N3O2/c1-13-12-14-4-2-3-5-16(14)19(13)9-8-18-17(22)20(10-11-21)15-6-7-15/h2-5,13,15,21H,6-12H2,1H3,(H,18,22). The molecule has 2 N–H and O–H groups in total. The summed E-state index contributed by atoms with van der Waals surface area (Å²) in [6.45, 7) is 4.14. The lowest BCUT2D eigenvalue weighted by atomic mass is 10.1. The number of fused-ring (bicyclic) bond motifs is 1. The minimum atomic E-state index is -0.0447. The van der Waals surface area contributed by atoms with Crippen LogP contribution < -0.4 is 10.2 Å². The van der Waals surface area contributed by atoms with Crippen molar-refractivity contribution in [2.24, 2.45) is 0 Å². The highest BCUT2D eigenvalue weighted by Crippen LogP contribution is 2.31. The summed E-state index contributed by atoms with van der Waals surface area (Å²) in [5, 5.41) is 12.1. The van der Waals surface area contributed by atoms with Crippen molar-refractivity contribution in [3.05, 3.63) is 29.8 Å². The molecule has 120 valence electrons. The normalized spacial score (nSPS) is 19.9. The first kappa shape index (κ1) is 15.2. The number of hydrogen-bond acceptors (Lipinski definition) is 3. The molecule has 1 aliphatic heterocycles. The number of benzene rings is 1. The van der Waals surface area contributed by atoms with E-state index >= 15 is 0 Å². The van der Waals surface area contributed by atoms with Crippen molar-refractivity contribution in [2.75, 3.05) is 31.1 Å². The minimum absolute atomic E-state index is 0.0282. The predicted octanol–water partition coefficient (Wildman–Crippen LogP) is 1.60. The number of aliphatic hydroxyl groups excluding tert-OH is 1. The first-order valence-electron chi connectivity index (χ1n) is 8.20. The number of carbonyl (C=O) groups excluding carboxylic acids is 1. The fraction of sp³-hybridized carbons (Fsp3) is 0.588. The molecule has 1 aliphatic carbocycles. The van der Waals surface area contributed by atoms with Gasteiger partial charge in [0.2, 0.25) is 0 Å². The summed E-state index contributed by atoms with van der Waals surface area (Å²) >= 11 is 0. The molecule has 1 aromatic rings. The largest absolute Gasteiger partial charge is 0.395 e. The van der Waals surface area contributed by atoms with Gasteiger partial charge in [-0.25, -0.2) is 4.79 Å². The van der Waals surface area contributed by atoms with Crippen LogP contribution in [0, 0.1) is 0 Å². The lowest BCUT2D eigenvalue weighted by Crippen LogP contribution is -2.45. The highest BCUT2D eigenvalue weighted by atomic mass is 16.3. The van der Waals surface area contributed by atoms with Crippen molar-refractivity contribution in [3.8, 4) is 0 Å². The molecule has 0 radical (unpaired) electrons. The number of urea groups is 1. The van der Waals surface area contributed by atoms with E-state index in [9.17, 15) is 4.79 Å². The van der Waals surface area contributed by atoms with Crippen LogP contribution in [0.15, 0.2) is 24.3 Å². The third-order valence-corrected chi connectivity index (χ3v) is 4.57. The molecule has 5 heteroatoms. The summed E-state index contributed by atoms with van der Waals surface area (Å²) in [7, 11) is 0. The van der Waals surface area contributed by atoms with Gasteiger partial charge in [0, 0.05) is 37.4 Å². The summed E-state index contributed by atoms with van der Waals surface area (Å²) in [4.78, 5) is 16.3. The van der Waals surface area contributed by atoms with Gasteiger partial charge in [-0.15, -0.1) is 0 Å². The van der Waals surface area contributed by atoms with Gasteiger partial charge < -0.3 is 20.2 Å². The van der Waals surface area contributed by atoms with Crippen LogP contribution in [0.5, 0.6) is 0 Å². The number of anilines is 1. The van der Waals surface area contributed by atoms with Crippen LogP contribution >= 0.6 is 0 Å². The lowest BCUT2D eigenvalue weighted by Gasteiger charge is -2.26. The quantitative estimate of drug-likeness (QED) is 0.839. The Labute approximate surface area is 131 Å². The first-order chi connectivity index (χ1) is 10.7. The van der Waals surface area contributed by atoms with Crippen LogP contribution in [0.3, 0.4) is 0 Å². The predicted molar refractivity (Wildman–Crippen MR) is 87.2 cm³/mol. The number of rotatable bonds is 6. The molecule has 1 aromatic carbocycles. The molecule has 1 heterocycles. The van der Waals surface area contributed by atoms with Crippen molar-refractivity contribution >= 4 is 11.7 Å².